The molecule has 1 amide bonds. The van der Waals surface area contributed by atoms with Gasteiger partial charge in [0.05, 0.1) is 13.2 Å². The summed E-state index contributed by atoms with van der Waals surface area (Å²) < 4.78 is 17.5. The van der Waals surface area contributed by atoms with E-state index in [2.05, 4.69) is 20.4 Å². The number of hydrogen-bond acceptors (Lipinski definition) is 5. The number of nitrogens with zero attached hydrogens (tertiary/aromatic N) is 1. The first-order valence-electron chi connectivity index (χ1n) is 5.84. The second-order valence-electron chi connectivity index (χ2n) is 4.18. The van der Waals surface area contributed by atoms with Crippen molar-refractivity contribution < 1.29 is 18.7 Å². The van der Waals surface area contributed by atoms with Crippen molar-refractivity contribution in [3.8, 4) is 0 Å². The Morgan fingerprint density at radius 3 is 2.95 bits per heavy atom. The van der Waals surface area contributed by atoms with E-state index in [1.807, 2.05) is 0 Å². The van der Waals surface area contributed by atoms with Crippen LogP contribution in [-0.2, 0) is 9.53 Å². The summed E-state index contributed by atoms with van der Waals surface area (Å²) in [6.07, 6.45) is -0.868. The highest BCUT2D eigenvalue weighted by molar-refractivity contribution is 5.95. The average Bonchev–Trinajstić information content (AvgIpc) is 2.85. The molecule has 7 heteroatoms. The van der Waals surface area contributed by atoms with Crippen LogP contribution in [0.15, 0.2) is 18.2 Å². The van der Waals surface area contributed by atoms with E-state index in [1.165, 1.54) is 13.2 Å². The minimum absolute atomic E-state index is 0.100. The van der Waals surface area contributed by atoms with Crippen molar-refractivity contribution in [1.29, 1.82) is 0 Å². The monoisotopic (exact) mass is 267 g/mol. The quantitative estimate of drug-likeness (QED) is 0.780. The van der Waals surface area contributed by atoms with Crippen LogP contribution in [0.4, 0.5) is 10.2 Å². The van der Waals surface area contributed by atoms with Gasteiger partial charge in [-0.2, -0.15) is 0 Å². The smallest absolute Gasteiger partial charge is 0.356 e. The van der Waals surface area contributed by atoms with E-state index in [4.69, 9.17) is 0 Å². The summed E-state index contributed by atoms with van der Waals surface area (Å²) in [7, 11) is 1.25. The number of hydrogen-bond donors (Lipinski definition) is 2. The SMILES string of the molecule is COC(=O)c1cccc(NC(=O)[C@@H]2C[C@@H](F)CN2)n1. The lowest BCUT2D eigenvalue weighted by Gasteiger charge is -2.10. The lowest BCUT2D eigenvalue weighted by atomic mass is 10.2. The van der Waals surface area contributed by atoms with E-state index in [0.29, 0.717) is 0 Å². The Bertz CT molecular complexity index is 495. The van der Waals surface area contributed by atoms with E-state index >= 15 is 0 Å². The van der Waals surface area contributed by atoms with Gasteiger partial charge in [-0.1, -0.05) is 6.07 Å². The Morgan fingerprint density at radius 2 is 2.32 bits per heavy atom. The van der Waals surface area contributed by atoms with Crippen LogP contribution < -0.4 is 10.6 Å². The van der Waals surface area contributed by atoms with Crippen molar-refractivity contribution >= 4 is 17.7 Å². The number of methoxy groups -OCH3 is 1. The molecule has 0 bridgehead atoms. The maximum atomic E-state index is 13.0. The molecule has 1 fully saturated rings. The molecule has 1 aromatic rings. The van der Waals surface area contributed by atoms with Crippen LogP contribution in [0, 0.1) is 0 Å². The number of amides is 1. The van der Waals surface area contributed by atoms with Gasteiger partial charge < -0.3 is 15.4 Å². The lowest BCUT2D eigenvalue weighted by Crippen LogP contribution is -2.35. The number of esters is 1. The molecule has 2 rings (SSSR count). The molecule has 0 radical (unpaired) electrons. The fourth-order valence-corrected chi connectivity index (χ4v) is 1.83. The molecule has 19 heavy (non-hydrogen) atoms. The van der Waals surface area contributed by atoms with Crippen LogP contribution in [0.1, 0.15) is 16.9 Å². The number of alkyl halides is 1. The molecule has 1 aromatic heterocycles. The molecule has 1 aliphatic heterocycles. The van der Waals surface area contributed by atoms with Crippen molar-refractivity contribution in [1.82, 2.24) is 10.3 Å². The van der Waals surface area contributed by atoms with Crippen LogP contribution in [-0.4, -0.2) is 42.7 Å². The van der Waals surface area contributed by atoms with Crippen molar-refractivity contribution in [2.24, 2.45) is 0 Å². The predicted molar refractivity (Wildman–Crippen MR) is 65.5 cm³/mol. The fraction of sp³-hybridized carbons (Fsp3) is 0.417. The van der Waals surface area contributed by atoms with Gasteiger partial charge in [-0.3, -0.25) is 4.79 Å². The van der Waals surface area contributed by atoms with Crippen LogP contribution in [0.25, 0.3) is 0 Å². The Balaban J connectivity index is 2.03. The molecule has 2 atom stereocenters. The van der Waals surface area contributed by atoms with Gasteiger partial charge in [-0.05, 0) is 12.1 Å². The van der Waals surface area contributed by atoms with Gasteiger partial charge in [0.15, 0.2) is 5.69 Å². The van der Waals surface area contributed by atoms with Crippen LogP contribution in [0.3, 0.4) is 0 Å². The summed E-state index contributed by atoms with van der Waals surface area (Å²) in [5.74, 6) is -0.717. The number of anilines is 1. The number of aromatic nitrogens is 1. The van der Waals surface area contributed by atoms with E-state index in [9.17, 15) is 14.0 Å². The Labute approximate surface area is 109 Å². The van der Waals surface area contributed by atoms with Crippen molar-refractivity contribution in [2.75, 3.05) is 19.0 Å². The third-order valence-electron chi connectivity index (χ3n) is 2.79. The Kier molecular flexibility index (Phi) is 4.06. The van der Waals surface area contributed by atoms with Gasteiger partial charge in [-0.25, -0.2) is 14.2 Å². The van der Waals surface area contributed by atoms with Gasteiger partial charge >= 0.3 is 5.97 Å². The maximum absolute atomic E-state index is 13.0. The standard InChI is InChI=1S/C12H14FN3O3/c1-19-12(18)8-3-2-4-10(15-8)16-11(17)9-5-7(13)6-14-9/h2-4,7,9,14H,5-6H2,1H3,(H,15,16,17)/t7-,9+/m1/s1. The first kappa shape index (κ1) is 13.4. The fourth-order valence-electron chi connectivity index (χ4n) is 1.83. The van der Waals surface area contributed by atoms with Gasteiger partial charge in [0.2, 0.25) is 5.91 Å². The van der Waals surface area contributed by atoms with Gasteiger partial charge in [0, 0.05) is 13.0 Å². The third kappa shape index (κ3) is 3.25. The van der Waals surface area contributed by atoms with E-state index in [1.54, 1.807) is 12.1 Å². The molecule has 0 saturated carbocycles. The molecule has 2 heterocycles. The second kappa shape index (κ2) is 5.75. The number of halogens is 1. The highest BCUT2D eigenvalue weighted by atomic mass is 19.1. The third-order valence-corrected chi connectivity index (χ3v) is 2.79. The minimum atomic E-state index is -1.01. The predicted octanol–water partition coefficient (Wildman–Crippen LogP) is 0.507. The Hall–Kier alpha value is -2.02. The number of ether oxygens (including phenoxy) is 1. The van der Waals surface area contributed by atoms with Crippen molar-refractivity contribution in [2.45, 2.75) is 18.6 Å². The number of pyridine rings is 1. The minimum Gasteiger partial charge on any atom is -0.464 e. The van der Waals surface area contributed by atoms with E-state index in [-0.39, 0.29) is 30.4 Å². The molecule has 1 saturated heterocycles. The molecule has 0 aliphatic carbocycles. The number of rotatable bonds is 3. The Morgan fingerprint density at radius 1 is 1.53 bits per heavy atom. The van der Waals surface area contributed by atoms with Gasteiger partial charge in [0.1, 0.15) is 12.0 Å². The first-order valence-corrected chi connectivity index (χ1v) is 5.84. The van der Waals surface area contributed by atoms with E-state index in [0.717, 1.165) is 0 Å². The molecule has 2 N–H and O–H groups in total. The summed E-state index contributed by atoms with van der Waals surface area (Å²) in [6, 6.07) is 4.03. The molecular formula is C12H14FN3O3. The average molecular weight is 267 g/mol. The normalized spacial score (nSPS) is 22.0. The first-order chi connectivity index (χ1) is 9.10. The number of carbonyl (C=O) groups excluding carboxylic acids is 2. The largest absolute Gasteiger partial charge is 0.464 e. The van der Waals surface area contributed by atoms with Crippen LogP contribution >= 0.6 is 0 Å². The van der Waals surface area contributed by atoms with Gasteiger partial charge in [-0.15, -0.1) is 0 Å². The molecule has 1 aliphatic rings. The summed E-state index contributed by atoms with van der Waals surface area (Å²) in [4.78, 5) is 27.1. The summed E-state index contributed by atoms with van der Waals surface area (Å²) in [5.41, 5.74) is 0.100. The zero-order valence-electron chi connectivity index (χ0n) is 10.4. The number of nitrogens with one attached hydrogen (secondary N) is 2. The van der Waals surface area contributed by atoms with Crippen LogP contribution in [0.2, 0.25) is 0 Å². The molecule has 0 spiro atoms. The summed E-state index contributed by atoms with van der Waals surface area (Å²) >= 11 is 0. The highest BCUT2D eigenvalue weighted by Crippen LogP contribution is 2.12. The van der Waals surface area contributed by atoms with Crippen molar-refractivity contribution in [3.63, 3.8) is 0 Å². The van der Waals surface area contributed by atoms with E-state index < -0.39 is 18.2 Å². The highest BCUT2D eigenvalue weighted by Gasteiger charge is 2.29. The summed E-state index contributed by atoms with van der Waals surface area (Å²) in [6.45, 7) is 0.174. The molecule has 102 valence electrons. The number of carbonyl (C=O) groups is 2. The zero-order valence-corrected chi connectivity index (χ0v) is 10.4. The maximum Gasteiger partial charge on any atom is 0.356 e. The van der Waals surface area contributed by atoms with Crippen LogP contribution in [0.5, 0.6) is 0 Å². The topological polar surface area (TPSA) is 80.3 Å². The van der Waals surface area contributed by atoms with Gasteiger partial charge in [0.25, 0.3) is 0 Å². The zero-order chi connectivity index (χ0) is 13.8. The molecule has 6 nitrogen and oxygen atoms in total. The molecule has 0 unspecified atom stereocenters. The molecule has 0 aromatic carbocycles. The lowest BCUT2D eigenvalue weighted by molar-refractivity contribution is -0.117. The van der Waals surface area contributed by atoms with Crippen molar-refractivity contribution in [3.05, 3.63) is 23.9 Å². The summed E-state index contributed by atoms with van der Waals surface area (Å²) in [5, 5.41) is 5.31. The molecular weight excluding hydrogens is 253 g/mol. The second-order valence-corrected chi connectivity index (χ2v) is 4.18.